The highest BCUT2D eigenvalue weighted by Crippen LogP contribution is 2.21. The Hall–Kier alpha value is -2.30. The van der Waals surface area contributed by atoms with Crippen LogP contribution in [-0.4, -0.2) is 24.9 Å². The number of benzene rings is 2. The molecule has 2 N–H and O–H groups in total. The zero-order chi connectivity index (χ0) is 18.2. The molecule has 6 heteroatoms. The van der Waals surface area contributed by atoms with Crippen molar-refractivity contribution in [3.8, 4) is 0 Å². The first-order chi connectivity index (χ1) is 12.0. The van der Waals surface area contributed by atoms with Gasteiger partial charge in [0.2, 0.25) is 0 Å². The maximum absolute atomic E-state index is 12.2. The van der Waals surface area contributed by atoms with Crippen molar-refractivity contribution >= 4 is 35.0 Å². The predicted molar refractivity (Wildman–Crippen MR) is 101 cm³/mol. The van der Waals surface area contributed by atoms with Crippen molar-refractivity contribution in [3.05, 3.63) is 81.9 Å². The Kier molecular flexibility index (Phi) is 7.04. The first kappa shape index (κ1) is 19.0. The van der Waals surface area contributed by atoms with E-state index >= 15 is 0 Å². The van der Waals surface area contributed by atoms with Crippen LogP contribution in [0.25, 0.3) is 0 Å². The molecule has 0 aliphatic rings. The summed E-state index contributed by atoms with van der Waals surface area (Å²) < 4.78 is 0. The van der Waals surface area contributed by atoms with E-state index in [4.69, 9.17) is 23.2 Å². The van der Waals surface area contributed by atoms with Crippen LogP contribution < -0.4 is 10.6 Å². The van der Waals surface area contributed by atoms with E-state index in [1.54, 1.807) is 42.5 Å². The molecule has 0 spiro atoms. The molecule has 2 rings (SSSR count). The zero-order valence-electron chi connectivity index (χ0n) is 13.5. The summed E-state index contributed by atoms with van der Waals surface area (Å²) in [5.41, 5.74) is 1.76. The second-order valence-corrected chi connectivity index (χ2v) is 6.16. The van der Waals surface area contributed by atoms with Crippen molar-refractivity contribution in [1.29, 1.82) is 0 Å². The van der Waals surface area contributed by atoms with E-state index in [0.29, 0.717) is 40.7 Å². The summed E-state index contributed by atoms with van der Waals surface area (Å²) >= 11 is 12.0. The molecule has 0 saturated heterocycles. The maximum atomic E-state index is 12.2. The van der Waals surface area contributed by atoms with Gasteiger partial charge in [0.15, 0.2) is 0 Å². The van der Waals surface area contributed by atoms with E-state index in [1.807, 2.05) is 6.07 Å². The molecule has 0 fully saturated rings. The SMILES string of the molecule is C=CCNC(=O)c1cccc(C(=O)NCCc2ccc(Cl)cc2Cl)c1. The minimum atomic E-state index is -0.248. The number of hydrogen-bond donors (Lipinski definition) is 2. The minimum absolute atomic E-state index is 0.247. The largest absolute Gasteiger partial charge is 0.352 e. The highest BCUT2D eigenvalue weighted by molar-refractivity contribution is 6.35. The van der Waals surface area contributed by atoms with Crippen LogP contribution in [0.1, 0.15) is 26.3 Å². The third-order valence-corrected chi connectivity index (χ3v) is 4.08. The smallest absolute Gasteiger partial charge is 0.251 e. The van der Waals surface area contributed by atoms with Crippen LogP contribution in [0.2, 0.25) is 10.0 Å². The van der Waals surface area contributed by atoms with Gasteiger partial charge >= 0.3 is 0 Å². The average molecular weight is 377 g/mol. The van der Waals surface area contributed by atoms with Gasteiger partial charge in [-0.05, 0) is 42.3 Å². The lowest BCUT2D eigenvalue weighted by molar-refractivity contribution is 0.0954. The van der Waals surface area contributed by atoms with Crippen molar-refractivity contribution in [1.82, 2.24) is 10.6 Å². The molecule has 130 valence electrons. The number of hydrogen-bond acceptors (Lipinski definition) is 2. The molecule has 0 bridgehead atoms. The Morgan fingerprint density at radius 1 is 1.00 bits per heavy atom. The van der Waals surface area contributed by atoms with Gasteiger partial charge in [0.05, 0.1) is 0 Å². The molecule has 0 radical (unpaired) electrons. The standard InChI is InChI=1S/C19H18Cl2N2O2/c1-2-9-22-18(24)14-4-3-5-15(11-14)19(25)23-10-8-13-6-7-16(20)12-17(13)21/h2-7,11-12H,1,8-10H2,(H,22,24)(H,23,25). The van der Waals surface area contributed by atoms with E-state index < -0.39 is 0 Å². The zero-order valence-corrected chi connectivity index (χ0v) is 15.0. The molecule has 0 aromatic heterocycles. The van der Waals surface area contributed by atoms with Crippen LogP contribution in [0, 0.1) is 0 Å². The molecule has 0 saturated carbocycles. The van der Waals surface area contributed by atoms with Gasteiger partial charge in [-0.3, -0.25) is 9.59 Å². The van der Waals surface area contributed by atoms with E-state index in [-0.39, 0.29) is 11.8 Å². The number of amides is 2. The molecule has 0 aliphatic heterocycles. The molecule has 0 heterocycles. The van der Waals surface area contributed by atoms with E-state index in [2.05, 4.69) is 17.2 Å². The normalized spacial score (nSPS) is 10.2. The second kappa shape index (κ2) is 9.25. The minimum Gasteiger partial charge on any atom is -0.352 e. The molecular weight excluding hydrogens is 359 g/mol. The molecule has 25 heavy (non-hydrogen) atoms. The third kappa shape index (κ3) is 5.62. The summed E-state index contributed by atoms with van der Waals surface area (Å²) in [5, 5.41) is 6.64. The average Bonchev–Trinajstić information content (AvgIpc) is 2.61. The summed E-state index contributed by atoms with van der Waals surface area (Å²) in [6.45, 7) is 4.34. The lowest BCUT2D eigenvalue weighted by atomic mass is 10.1. The molecule has 0 aliphatic carbocycles. The summed E-state index contributed by atoms with van der Waals surface area (Å²) in [6.07, 6.45) is 2.18. The Labute approximate surface area is 156 Å². The molecular formula is C19H18Cl2N2O2. The van der Waals surface area contributed by atoms with E-state index in [1.165, 1.54) is 0 Å². The van der Waals surface area contributed by atoms with Crippen molar-refractivity contribution in [2.24, 2.45) is 0 Å². The Morgan fingerprint density at radius 2 is 1.68 bits per heavy atom. The predicted octanol–water partition coefficient (Wildman–Crippen LogP) is 3.88. The Balaban J connectivity index is 1.94. The lowest BCUT2D eigenvalue weighted by Crippen LogP contribution is -2.27. The number of rotatable bonds is 7. The quantitative estimate of drug-likeness (QED) is 0.720. The van der Waals surface area contributed by atoms with Gasteiger partial charge in [0.25, 0.3) is 11.8 Å². The molecule has 2 aromatic carbocycles. The van der Waals surface area contributed by atoms with Crippen molar-refractivity contribution < 1.29 is 9.59 Å². The van der Waals surface area contributed by atoms with Crippen LogP contribution in [0.3, 0.4) is 0 Å². The fourth-order valence-electron chi connectivity index (χ4n) is 2.21. The molecule has 0 atom stereocenters. The first-order valence-corrected chi connectivity index (χ1v) is 8.48. The maximum Gasteiger partial charge on any atom is 0.251 e. The monoisotopic (exact) mass is 376 g/mol. The molecule has 0 unspecified atom stereocenters. The Morgan fingerprint density at radius 3 is 2.32 bits per heavy atom. The summed E-state index contributed by atoms with van der Waals surface area (Å²) in [5.74, 6) is -0.494. The van der Waals surface area contributed by atoms with Gasteiger partial charge in [-0.25, -0.2) is 0 Å². The van der Waals surface area contributed by atoms with Crippen molar-refractivity contribution in [2.45, 2.75) is 6.42 Å². The highest BCUT2D eigenvalue weighted by atomic mass is 35.5. The van der Waals surface area contributed by atoms with Crippen molar-refractivity contribution in [2.75, 3.05) is 13.1 Å². The van der Waals surface area contributed by atoms with Crippen LogP contribution in [0.5, 0.6) is 0 Å². The fraction of sp³-hybridized carbons (Fsp3) is 0.158. The van der Waals surface area contributed by atoms with Gasteiger partial charge in [-0.1, -0.05) is 41.4 Å². The molecule has 4 nitrogen and oxygen atoms in total. The van der Waals surface area contributed by atoms with Crippen LogP contribution in [0.4, 0.5) is 0 Å². The number of halogens is 2. The van der Waals surface area contributed by atoms with Crippen LogP contribution >= 0.6 is 23.2 Å². The fourth-order valence-corrected chi connectivity index (χ4v) is 2.71. The van der Waals surface area contributed by atoms with Gasteiger partial charge in [0, 0.05) is 34.3 Å². The van der Waals surface area contributed by atoms with Gasteiger partial charge in [-0.15, -0.1) is 6.58 Å². The summed E-state index contributed by atoms with van der Waals surface area (Å²) in [6, 6.07) is 11.8. The van der Waals surface area contributed by atoms with Crippen molar-refractivity contribution in [3.63, 3.8) is 0 Å². The van der Waals surface area contributed by atoms with Crippen LogP contribution in [-0.2, 0) is 6.42 Å². The number of nitrogens with one attached hydrogen (secondary N) is 2. The number of carbonyl (C=O) groups excluding carboxylic acids is 2. The van der Waals surface area contributed by atoms with Gasteiger partial charge in [-0.2, -0.15) is 0 Å². The first-order valence-electron chi connectivity index (χ1n) is 7.72. The van der Waals surface area contributed by atoms with Gasteiger partial charge < -0.3 is 10.6 Å². The second-order valence-electron chi connectivity index (χ2n) is 5.32. The summed E-state index contributed by atoms with van der Waals surface area (Å²) in [7, 11) is 0. The third-order valence-electron chi connectivity index (χ3n) is 3.49. The topological polar surface area (TPSA) is 58.2 Å². The highest BCUT2D eigenvalue weighted by Gasteiger charge is 2.10. The number of carbonyl (C=O) groups is 2. The van der Waals surface area contributed by atoms with Gasteiger partial charge in [0.1, 0.15) is 0 Å². The van der Waals surface area contributed by atoms with E-state index in [9.17, 15) is 9.59 Å². The Bertz CT molecular complexity index is 791. The van der Waals surface area contributed by atoms with Crippen LogP contribution in [0.15, 0.2) is 55.1 Å². The lowest BCUT2D eigenvalue weighted by Gasteiger charge is -2.08. The van der Waals surface area contributed by atoms with E-state index in [0.717, 1.165) is 5.56 Å². The molecule has 2 amide bonds. The molecule has 2 aromatic rings. The summed E-state index contributed by atoms with van der Waals surface area (Å²) in [4.78, 5) is 24.2.